The van der Waals surface area contributed by atoms with E-state index in [2.05, 4.69) is 9.97 Å². The number of nitrogens with one attached hydrogen (secondary N) is 1. The maximum Gasteiger partial charge on any atom is 0.198 e. The number of hydrogen-bond acceptors (Lipinski definition) is 3. The first kappa shape index (κ1) is 8.67. The molecule has 0 spiro atoms. The van der Waals surface area contributed by atoms with Gasteiger partial charge < -0.3 is 16.5 Å². The van der Waals surface area contributed by atoms with Gasteiger partial charge in [0.15, 0.2) is 5.95 Å². The van der Waals surface area contributed by atoms with Crippen LogP contribution in [0, 0.1) is 0 Å². The molecule has 0 radical (unpaired) electrons. The standard InChI is InChI=1S/C7H8N4.ClH/c8-4-2-1-3-5-6(4)11-7(9)10-5;/h1-3H,8H2,(H3,9,10,11);1H. The minimum absolute atomic E-state index is 0. The molecule has 1 aromatic heterocycles. The average Bonchev–Trinajstić information content (AvgIpc) is 2.31. The van der Waals surface area contributed by atoms with Crippen molar-refractivity contribution in [3.8, 4) is 0 Å². The van der Waals surface area contributed by atoms with Crippen LogP contribution in [0.3, 0.4) is 0 Å². The van der Waals surface area contributed by atoms with Gasteiger partial charge in [-0.05, 0) is 12.1 Å². The number of halogens is 1. The molecule has 0 atom stereocenters. The fourth-order valence-electron chi connectivity index (χ4n) is 1.07. The van der Waals surface area contributed by atoms with E-state index in [1.54, 1.807) is 6.07 Å². The van der Waals surface area contributed by atoms with E-state index in [0.717, 1.165) is 11.0 Å². The van der Waals surface area contributed by atoms with Crippen LogP contribution in [0.25, 0.3) is 11.0 Å². The number of nitrogens with zero attached hydrogens (tertiary/aromatic N) is 1. The number of nitrogen functional groups attached to an aromatic ring is 2. The summed E-state index contributed by atoms with van der Waals surface area (Å²) in [5, 5.41) is 0. The van der Waals surface area contributed by atoms with Crippen LogP contribution in [0.1, 0.15) is 0 Å². The number of aromatic amines is 1. The van der Waals surface area contributed by atoms with Crippen molar-refractivity contribution in [3.63, 3.8) is 0 Å². The van der Waals surface area contributed by atoms with Crippen molar-refractivity contribution >= 4 is 35.1 Å². The maximum absolute atomic E-state index is 5.63. The molecule has 1 aromatic carbocycles. The summed E-state index contributed by atoms with van der Waals surface area (Å²) in [6.45, 7) is 0. The Kier molecular flexibility index (Phi) is 2.10. The Hall–Kier alpha value is -1.42. The van der Waals surface area contributed by atoms with Gasteiger partial charge in [0.05, 0.1) is 11.2 Å². The van der Waals surface area contributed by atoms with Crippen molar-refractivity contribution in [1.82, 2.24) is 9.97 Å². The summed E-state index contributed by atoms with van der Waals surface area (Å²) in [6.07, 6.45) is 0. The lowest BCUT2D eigenvalue weighted by Gasteiger charge is -1.90. The third-order valence-electron chi connectivity index (χ3n) is 1.56. The van der Waals surface area contributed by atoms with Gasteiger partial charge in [-0.15, -0.1) is 12.4 Å². The molecule has 5 N–H and O–H groups in total. The number of anilines is 2. The average molecular weight is 185 g/mol. The zero-order chi connectivity index (χ0) is 7.84. The molecule has 2 aromatic rings. The Labute approximate surface area is 75.4 Å². The Bertz CT molecular complexity index is 395. The van der Waals surface area contributed by atoms with Crippen LogP contribution in [0.2, 0.25) is 0 Å². The summed E-state index contributed by atoms with van der Waals surface area (Å²) in [4.78, 5) is 6.90. The number of nitrogens with two attached hydrogens (primary N) is 2. The summed E-state index contributed by atoms with van der Waals surface area (Å²) >= 11 is 0. The van der Waals surface area contributed by atoms with Gasteiger partial charge in [0.25, 0.3) is 0 Å². The van der Waals surface area contributed by atoms with Crippen LogP contribution in [0.4, 0.5) is 11.6 Å². The Balaban J connectivity index is 0.000000720. The van der Waals surface area contributed by atoms with E-state index < -0.39 is 0 Å². The molecular formula is C7H9ClN4. The van der Waals surface area contributed by atoms with Crippen LogP contribution < -0.4 is 11.5 Å². The third kappa shape index (κ3) is 1.16. The van der Waals surface area contributed by atoms with E-state index in [9.17, 15) is 0 Å². The van der Waals surface area contributed by atoms with Crippen LogP contribution >= 0.6 is 12.4 Å². The Morgan fingerprint density at radius 1 is 1.25 bits per heavy atom. The van der Waals surface area contributed by atoms with Crippen LogP contribution in [-0.2, 0) is 0 Å². The van der Waals surface area contributed by atoms with E-state index in [-0.39, 0.29) is 12.4 Å². The van der Waals surface area contributed by atoms with Crippen molar-refractivity contribution < 1.29 is 0 Å². The van der Waals surface area contributed by atoms with Gasteiger partial charge in [-0.3, -0.25) is 0 Å². The molecule has 0 aliphatic rings. The Morgan fingerprint density at radius 2 is 2.00 bits per heavy atom. The highest BCUT2D eigenvalue weighted by molar-refractivity contribution is 5.88. The van der Waals surface area contributed by atoms with Gasteiger partial charge in [-0.2, -0.15) is 0 Å². The van der Waals surface area contributed by atoms with Gasteiger partial charge >= 0.3 is 0 Å². The predicted octanol–water partition coefficient (Wildman–Crippen LogP) is 1.15. The van der Waals surface area contributed by atoms with E-state index >= 15 is 0 Å². The SMILES string of the molecule is Cl.Nc1nc2c(N)cccc2[nH]1. The number of H-pyrrole nitrogens is 1. The van der Waals surface area contributed by atoms with Crippen molar-refractivity contribution in [1.29, 1.82) is 0 Å². The second kappa shape index (κ2) is 2.91. The molecule has 0 aliphatic heterocycles. The third-order valence-corrected chi connectivity index (χ3v) is 1.56. The summed E-state index contributed by atoms with van der Waals surface area (Å²) in [5.41, 5.74) is 13.3. The second-order valence-electron chi connectivity index (χ2n) is 2.37. The normalized spacial score (nSPS) is 9.67. The lowest BCUT2D eigenvalue weighted by Crippen LogP contribution is -1.86. The van der Waals surface area contributed by atoms with Crippen molar-refractivity contribution in [2.45, 2.75) is 0 Å². The van der Waals surface area contributed by atoms with E-state index in [0.29, 0.717) is 11.6 Å². The number of hydrogen-bond donors (Lipinski definition) is 3. The van der Waals surface area contributed by atoms with Gasteiger partial charge in [0.2, 0.25) is 0 Å². The zero-order valence-corrected chi connectivity index (χ0v) is 7.06. The highest BCUT2D eigenvalue weighted by Gasteiger charge is 2.00. The number of benzene rings is 1. The van der Waals surface area contributed by atoms with Gasteiger partial charge in [0.1, 0.15) is 5.52 Å². The Morgan fingerprint density at radius 3 is 2.67 bits per heavy atom. The van der Waals surface area contributed by atoms with E-state index in [1.165, 1.54) is 0 Å². The zero-order valence-electron chi connectivity index (χ0n) is 6.24. The van der Waals surface area contributed by atoms with Gasteiger partial charge in [-0.1, -0.05) is 6.07 Å². The van der Waals surface area contributed by atoms with Crippen LogP contribution in [0.15, 0.2) is 18.2 Å². The van der Waals surface area contributed by atoms with E-state index in [4.69, 9.17) is 11.5 Å². The minimum atomic E-state index is 0. The van der Waals surface area contributed by atoms with Crippen molar-refractivity contribution in [2.24, 2.45) is 0 Å². The molecule has 5 heteroatoms. The molecular weight excluding hydrogens is 176 g/mol. The lowest BCUT2D eigenvalue weighted by molar-refractivity contribution is 1.35. The molecule has 0 aliphatic carbocycles. The molecule has 12 heavy (non-hydrogen) atoms. The lowest BCUT2D eigenvalue weighted by atomic mass is 10.3. The quantitative estimate of drug-likeness (QED) is 0.538. The molecule has 0 saturated heterocycles. The number of imidazole rings is 1. The molecule has 2 rings (SSSR count). The first-order valence-electron chi connectivity index (χ1n) is 3.27. The smallest absolute Gasteiger partial charge is 0.198 e. The first-order chi connectivity index (χ1) is 5.27. The van der Waals surface area contributed by atoms with Crippen molar-refractivity contribution in [2.75, 3.05) is 11.5 Å². The van der Waals surface area contributed by atoms with Crippen LogP contribution in [0.5, 0.6) is 0 Å². The first-order valence-corrected chi connectivity index (χ1v) is 3.27. The minimum Gasteiger partial charge on any atom is -0.397 e. The fourth-order valence-corrected chi connectivity index (χ4v) is 1.07. The number of fused-ring (bicyclic) bond motifs is 1. The monoisotopic (exact) mass is 184 g/mol. The summed E-state index contributed by atoms with van der Waals surface area (Å²) in [7, 11) is 0. The summed E-state index contributed by atoms with van der Waals surface area (Å²) < 4.78 is 0. The number of para-hydroxylation sites is 1. The largest absolute Gasteiger partial charge is 0.397 e. The van der Waals surface area contributed by atoms with Gasteiger partial charge in [0, 0.05) is 0 Å². The highest BCUT2D eigenvalue weighted by Crippen LogP contribution is 2.18. The highest BCUT2D eigenvalue weighted by atomic mass is 35.5. The van der Waals surface area contributed by atoms with E-state index in [1.807, 2.05) is 12.1 Å². The molecule has 0 fully saturated rings. The number of rotatable bonds is 0. The predicted molar refractivity (Wildman–Crippen MR) is 52.2 cm³/mol. The second-order valence-corrected chi connectivity index (χ2v) is 2.37. The molecule has 64 valence electrons. The molecule has 4 nitrogen and oxygen atoms in total. The van der Waals surface area contributed by atoms with Gasteiger partial charge in [-0.25, -0.2) is 4.98 Å². The maximum atomic E-state index is 5.63. The molecule has 0 unspecified atom stereocenters. The molecule has 0 bridgehead atoms. The van der Waals surface area contributed by atoms with Crippen molar-refractivity contribution in [3.05, 3.63) is 18.2 Å². The molecule has 0 amide bonds. The topological polar surface area (TPSA) is 80.7 Å². The van der Waals surface area contributed by atoms with Crippen LogP contribution in [-0.4, -0.2) is 9.97 Å². The summed E-state index contributed by atoms with van der Waals surface area (Å²) in [6, 6.07) is 5.53. The molecule has 1 heterocycles. The molecule has 0 saturated carbocycles. The summed E-state index contributed by atoms with van der Waals surface area (Å²) in [5.74, 6) is 0.401. The fraction of sp³-hybridized carbons (Fsp3) is 0. The number of aromatic nitrogens is 2.